The Balaban J connectivity index is 2.69. The molecular weight excluding hydrogens is 222 g/mol. The van der Waals surface area contributed by atoms with Crippen molar-refractivity contribution in [1.29, 1.82) is 0 Å². The largest absolute Gasteiger partial charge is 0.395 e. The van der Waals surface area contributed by atoms with Crippen LogP contribution in [0.5, 0.6) is 0 Å². The van der Waals surface area contributed by atoms with Crippen LogP contribution in [-0.2, 0) is 5.75 Å². The van der Waals surface area contributed by atoms with Crippen LogP contribution in [-0.4, -0.2) is 42.4 Å². The number of amides is 1. The lowest BCUT2D eigenvalue weighted by atomic mass is 10.1. The number of aliphatic hydroxyl groups excluding tert-OH is 1. The molecule has 88 valence electrons. The van der Waals surface area contributed by atoms with Crippen molar-refractivity contribution in [1.82, 2.24) is 4.90 Å². The molecule has 0 aromatic heterocycles. The molecule has 0 unspecified atom stereocenters. The zero-order valence-corrected chi connectivity index (χ0v) is 10.5. The smallest absolute Gasteiger partial charge is 0.253 e. The van der Waals surface area contributed by atoms with Crippen LogP contribution in [0.1, 0.15) is 15.9 Å². The number of benzene rings is 1. The molecule has 0 saturated heterocycles. The molecule has 0 spiro atoms. The van der Waals surface area contributed by atoms with Crippen molar-refractivity contribution in [2.75, 3.05) is 26.5 Å². The van der Waals surface area contributed by atoms with E-state index in [2.05, 4.69) is 0 Å². The molecule has 0 radical (unpaired) electrons. The fourth-order valence-corrected chi connectivity index (χ4v) is 1.91. The molecule has 0 aliphatic heterocycles. The molecule has 0 aliphatic carbocycles. The van der Waals surface area contributed by atoms with Crippen LogP contribution in [0.3, 0.4) is 0 Å². The van der Waals surface area contributed by atoms with Crippen LogP contribution in [0.25, 0.3) is 0 Å². The molecule has 0 fully saturated rings. The molecule has 1 N–H and O–H groups in total. The van der Waals surface area contributed by atoms with Crippen molar-refractivity contribution in [3.8, 4) is 0 Å². The zero-order chi connectivity index (χ0) is 12.0. The maximum atomic E-state index is 11.8. The molecule has 1 aromatic carbocycles. The molecule has 1 rings (SSSR count). The number of hydrogen-bond donors (Lipinski definition) is 1. The van der Waals surface area contributed by atoms with Gasteiger partial charge in [-0.15, -0.1) is 0 Å². The van der Waals surface area contributed by atoms with E-state index in [-0.39, 0.29) is 12.5 Å². The monoisotopic (exact) mass is 239 g/mol. The Labute approximate surface area is 100 Å². The number of carbonyl (C=O) groups is 1. The summed E-state index contributed by atoms with van der Waals surface area (Å²) in [5.74, 6) is 0.908. The third-order valence-electron chi connectivity index (χ3n) is 2.29. The van der Waals surface area contributed by atoms with Crippen molar-refractivity contribution < 1.29 is 9.90 Å². The summed E-state index contributed by atoms with van der Waals surface area (Å²) < 4.78 is 0. The van der Waals surface area contributed by atoms with Crippen molar-refractivity contribution in [3.05, 3.63) is 35.4 Å². The van der Waals surface area contributed by atoms with Crippen molar-refractivity contribution in [2.24, 2.45) is 0 Å². The first-order chi connectivity index (χ1) is 7.69. The fraction of sp³-hybridized carbons (Fsp3) is 0.417. The lowest BCUT2D eigenvalue weighted by Crippen LogP contribution is -2.29. The minimum absolute atomic E-state index is 0.00714. The van der Waals surface area contributed by atoms with Gasteiger partial charge < -0.3 is 10.0 Å². The highest BCUT2D eigenvalue weighted by Crippen LogP contribution is 2.11. The van der Waals surface area contributed by atoms with Gasteiger partial charge in [-0.3, -0.25) is 4.79 Å². The van der Waals surface area contributed by atoms with Gasteiger partial charge in [0.25, 0.3) is 5.91 Å². The Bertz CT molecular complexity index is 337. The summed E-state index contributed by atoms with van der Waals surface area (Å²) >= 11 is 1.76. The average molecular weight is 239 g/mol. The van der Waals surface area contributed by atoms with Gasteiger partial charge >= 0.3 is 0 Å². The zero-order valence-electron chi connectivity index (χ0n) is 9.64. The van der Waals surface area contributed by atoms with Crippen LogP contribution in [0, 0.1) is 0 Å². The van der Waals surface area contributed by atoms with E-state index in [9.17, 15) is 4.79 Å². The molecule has 0 aliphatic rings. The topological polar surface area (TPSA) is 40.5 Å². The van der Waals surface area contributed by atoms with Crippen LogP contribution < -0.4 is 0 Å². The number of nitrogens with zero attached hydrogens (tertiary/aromatic N) is 1. The first-order valence-electron chi connectivity index (χ1n) is 5.13. The van der Waals surface area contributed by atoms with E-state index in [1.807, 2.05) is 30.5 Å². The fourth-order valence-electron chi connectivity index (χ4n) is 1.38. The molecule has 4 heteroatoms. The van der Waals surface area contributed by atoms with Crippen LogP contribution in [0.2, 0.25) is 0 Å². The Morgan fingerprint density at radius 3 is 2.50 bits per heavy atom. The first kappa shape index (κ1) is 13.1. The molecule has 0 atom stereocenters. The summed E-state index contributed by atoms with van der Waals surface area (Å²) in [5.41, 5.74) is 1.88. The normalized spacial score (nSPS) is 10.2. The second-order valence-corrected chi connectivity index (χ2v) is 4.45. The van der Waals surface area contributed by atoms with E-state index in [4.69, 9.17) is 5.11 Å². The van der Waals surface area contributed by atoms with E-state index in [0.29, 0.717) is 12.1 Å². The Kier molecular flexibility index (Phi) is 5.35. The van der Waals surface area contributed by atoms with Gasteiger partial charge in [0.1, 0.15) is 0 Å². The Hall–Kier alpha value is -1.00. The molecule has 0 bridgehead atoms. The third-order valence-corrected chi connectivity index (χ3v) is 2.92. The minimum Gasteiger partial charge on any atom is -0.395 e. The van der Waals surface area contributed by atoms with Gasteiger partial charge in [0.05, 0.1) is 6.61 Å². The standard InChI is InChI=1S/C12H17NO2S/c1-13(7-8-14)12(15)11-5-3-10(4-6-11)9-16-2/h3-6,14H,7-9H2,1-2H3. The van der Waals surface area contributed by atoms with Gasteiger partial charge in [-0.2, -0.15) is 11.8 Å². The minimum atomic E-state index is -0.0512. The predicted octanol–water partition coefficient (Wildman–Crippen LogP) is 1.61. The maximum absolute atomic E-state index is 11.8. The summed E-state index contributed by atoms with van der Waals surface area (Å²) in [7, 11) is 1.69. The average Bonchev–Trinajstić information content (AvgIpc) is 2.30. The van der Waals surface area contributed by atoms with E-state index in [1.54, 1.807) is 18.8 Å². The molecule has 0 heterocycles. The highest BCUT2D eigenvalue weighted by Gasteiger charge is 2.10. The van der Waals surface area contributed by atoms with Gasteiger partial charge in [0, 0.05) is 24.9 Å². The van der Waals surface area contributed by atoms with Crippen molar-refractivity contribution in [2.45, 2.75) is 5.75 Å². The van der Waals surface area contributed by atoms with Gasteiger partial charge in [-0.25, -0.2) is 0 Å². The Morgan fingerprint density at radius 2 is 2.00 bits per heavy atom. The van der Waals surface area contributed by atoms with Gasteiger partial charge in [0.2, 0.25) is 0 Å². The molecule has 1 amide bonds. The summed E-state index contributed by atoms with van der Waals surface area (Å²) in [6.07, 6.45) is 2.05. The summed E-state index contributed by atoms with van der Waals surface area (Å²) in [5, 5.41) is 8.75. The van der Waals surface area contributed by atoms with Crippen LogP contribution >= 0.6 is 11.8 Å². The van der Waals surface area contributed by atoms with Gasteiger partial charge in [-0.05, 0) is 24.0 Å². The summed E-state index contributed by atoms with van der Waals surface area (Å²) in [6, 6.07) is 7.61. The van der Waals surface area contributed by atoms with E-state index >= 15 is 0 Å². The SMILES string of the molecule is CSCc1ccc(C(=O)N(C)CCO)cc1. The van der Waals surface area contributed by atoms with Crippen LogP contribution in [0.15, 0.2) is 24.3 Å². The number of likely N-dealkylation sites (N-methyl/N-ethyl adjacent to an activating group) is 1. The van der Waals surface area contributed by atoms with Crippen molar-refractivity contribution in [3.63, 3.8) is 0 Å². The van der Waals surface area contributed by atoms with Gasteiger partial charge in [-0.1, -0.05) is 12.1 Å². The molecule has 3 nitrogen and oxygen atoms in total. The number of thioether (sulfide) groups is 1. The lowest BCUT2D eigenvalue weighted by molar-refractivity contribution is 0.0767. The van der Waals surface area contributed by atoms with Crippen molar-refractivity contribution >= 4 is 17.7 Å². The maximum Gasteiger partial charge on any atom is 0.253 e. The number of rotatable bonds is 5. The molecule has 0 saturated carbocycles. The third kappa shape index (κ3) is 3.54. The van der Waals surface area contributed by atoms with E-state index in [1.165, 1.54) is 10.5 Å². The summed E-state index contributed by atoms with van der Waals surface area (Å²) in [6.45, 7) is 0.359. The quantitative estimate of drug-likeness (QED) is 0.848. The molecular formula is C12H17NO2S. The van der Waals surface area contributed by atoms with Gasteiger partial charge in [0.15, 0.2) is 0 Å². The highest BCUT2D eigenvalue weighted by molar-refractivity contribution is 7.97. The lowest BCUT2D eigenvalue weighted by Gasteiger charge is -2.15. The highest BCUT2D eigenvalue weighted by atomic mass is 32.2. The van der Waals surface area contributed by atoms with Crippen LogP contribution in [0.4, 0.5) is 0 Å². The Morgan fingerprint density at radius 1 is 1.38 bits per heavy atom. The second kappa shape index (κ2) is 6.55. The summed E-state index contributed by atoms with van der Waals surface area (Å²) in [4.78, 5) is 13.3. The second-order valence-electron chi connectivity index (χ2n) is 3.58. The van der Waals surface area contributed by atoms with E-state index < -0.39 is 0 Å². The number of hydrogen-bond acceptors (Lipinski definition) is 3. The van der Waals surface area contributed by atoms with E-state index in [0.717, 1.165) is 5.75 Å². The predicted molar refractivity (Wildman–Crippen MR) is 67.7 cm³/mol. The number of aliphatic hydroxyl groups is 1. The first-order valence-corrected chi connectivity index (χ1v) is 6.52. The molecule has 1 aromatic rings. The molecule has 16 heavy (non-hydrogen) atoms. The number of carbonyl (C=O) groups excluding carboxylic acids is 1.